The Bertz CT molecular complexity index is 764. The van der Waals surface area contributed by atoms with E-state index in [0.717, 1.165) is 0 Å². The maximum Gasteiger partial charge on any atom is 0.238 e. The van der Waals surface area contributed by atoms with Gasteiger partial charge in [-0.25, -0.2) is 0 Å². The third kappa shape index (κ3) is 5.54. The fraction of sp³-hybridized carbons (Fsp3) is 0.222. The number of rotatable bonds is 7. The van der Waals surface area contributed by atoms with Crippen molar-refractivity contribution in [1.29, 1.82) is 0 Å². The molecule has 0 aliphatic rings. The molecular weight excluding hydrogens is 363 g/mol. The smallest absolute Gasteiger partial charge is 0.238 e. The number of anilines is 1. The summed E-state index contributed by atoms with van der Waals surface area (Å²) in [7, 11) is 0. The first-order valence-electron chi connectivity index (χ1n) is 7.66. The number of aliphatic hydroxyl groups excluding tert-OH is 1. The Hall–Kier alpha value is -1.92. The molecule has 7 heteroatoms. The lowest BCUT2D eigenvalue weighted by molar-refractivity contribution is -0.115. The zero-order valence-electron chi connectivity index (χ0n) is 13.6. The maximum absolute atomic E-state index is 12.7. The lowest BCUT2D eigenvalue weighted by atomic mass is 10.0. The van der Waals surface area contributed by atoms with Crippen molar-refractivity contribution in [2.75, 3.05) is 18.4 Å². The number of carbonyl (C=O) groups is 2. The molecule has 1 atom stereocenters. The molecule has 2 rings (SSSR count). The van der Waals surface area contributed by atoms with Gasteiger partial charge in [0.2, 0.25) is 5.91 Å². The van der Waals surface area contributed by atoms with Crippen LogP contribution in [0.4, 0.5) is 5.69 Å². The van der Waals surface area contributed by atoms with E-state index in [1.807, 2.05) is 6.07 Å². The molecule has 25 heavy (non-hydrogen) atoms. The second-order valence-electron chi connectivity index (χ2n) is 5.54. The molecule has 5 nitrogen and oxygen atoms in total. The van der Waals surface area contributed by atoms with Crippen molar-refractivity contribution in [3.8, 4) is 0 Å². The van der Waals surface area contributed by atoms with E-state index in [0.29, 0.717) is 5.56 Å². The number of hydrogen-bond donors (Lipinski definition) is 3. The quantitative estimate of drug-likeness (QED) is 0.644. The highest BCUT2D eigenvalue weighted by Gasteiger charge is 2.18. The zero-order chi connectivity index (χ0) is 18.4. The van der Waals surface area contributed by atoms with E-state index in [9.17, 15) is 14.7 Å². The zero-order valence-corrected chi connectivity index (χ0v) is 15.1. The number of ketones is 1. The van der Waals surface area contributed by atoms with Crippen LogP contribution in [0, 0.1) is 0 Å². The topological polar surface area (TPSA) is 78.4 Å². The maximum atomic E-state index is 12.7. The highest BCUT2D eigenvalue weighted by atomic mass is 35.5. The van der Waals surface area contributed by atoms with Gasteiger partial charge in [-0.15, -0.1) is 0 Å². The summed E-state index contributed by atoms with van der Waals surface area (Å²) >= 11 is 12.1. The summed E-state index contributed by atoms with van der Waals surface area (Å²) in [6.07, 6.45) is -0.562. The Kier molecular flexibility index (Phi) is 6.96. The highest BCUT2D eigenvalue weighted by molar-refractivity contribution is 6.42. The Morgan fingerprint density at radius 1 is 1.12 bits per heavy atom. The summed E-state index contributed by atoms with van der Waals surface area (Å²) in [5.41, 5.74) is 1.01. The standard InChI is InChI=1S/C18H18Cl2N2O3/c1-11(23)9-21-10-17(24)22-16-8-15(20)14(19)7-13(16)18(25)12-5-3-2-4-6-12/h2-8,11,21,23H,9-10H2,1H3,(H,22,24). The summed E-state index contributed by atoms with van der Waals surface area (Å²) < 4.78 is 0. The number of nitrogens with one attached hydrogen (secondary N) is 2. The normalized spacial score (nSPS) is 11.8. The van der Waals surface area contributed by atoms with Crippen LogP contribution < -0.4 is 10.6 Å². The van der Waals surface area contributed by atoms with Crippen LogP contribution in [-0.4, -0.2) is 36.0 Å². The molecule has 0 spiro atoms. The van der Waals surface area contributed by atoms with E-state index >= 15 is 0 Å². The molecule has 0 heterocycles. The van der Waals surface area contributed by atoms with E-state index in [4.69, 9.17) is 23.2 Å². The first-order valence-corrected chi connectivity index (χ1v) is 8.41. The van der Waals surface area contributed by atoms with E-state index in [1.165, 1.54) is 12.1 Å². The van der Waals surface area contributed by atoms with Crippen molar-refractivity contribution < 1.29 is 14.7 Å². The van der Waals surface area contributed by atoms with Crippen molar-refractivity contribution in [3.63, 3.8) is 0 Å². The molecule has 0 bridgehead atoms. The molecule has 0 saturated carbocycles. The van der Waals surface area contributed by atoms with Crippen LogP contribution >= 0.6 is 23.2 Å². The molecule has 0 aliphatic carbocycles. The molecule has 0 aliphatic heterocycles. The van der Waals surface area contributed by atoms with Gasteiger partial charge < -0.3 is 15.7 Å². The van der Waals surface area contributed by atoms with Crippen LogP contribution in [0.2, 0.25) is 10.0 Å². The summed E-state index contributed by atoms with van der Waals surface area (Å²) in [5, 5.41) is 15.1. The predicted molar refractivity (Wildman–Crippen MR) is 99.5 cm³/mol. The summed E-state index contributed by atoms with van der Waals surface area (Å²) in [6.45, 7) is 1.88. The van der Waals surface area contributed by atoms with Crippen molar-refractivity contribution >= 4 is 40.6 Å². The van der Waals surface area contributed by atoms with Crippen molar-refractivity contribution in [2.45, 2.75) is 13.0 Å². The number of aliphatic hydroxyl groups is 1. The largest absolute Gasteiger partial charge is 0.392 e. The van der Waals surface area contributed by atoms with Gasteiger partial charge in [0.25, 0.3) is 0 Å². The summed E-state index contributed by atoms with van der Waals surface area (Å²) in [5.74, 6) is -0.632. The van der Waals surface area contributed by atoms with Gasteiger partial charge in [-0.1, -0.05) is 53.5 Å². The molecule has 2 aromatic rings. The molecule has 1 amide bonds. The van der Waals surface area contributed by atoms with Crippen molar-refractivity contribution in [2.24, 2.45) is 0 Å². The van der Waals surface area contributed by atoms with Crippen molar-refractivity contribution in [3.05, 3.63) is 63.6 Å². The van der Waals surface area contributed by atoms with Gasteiger partial charge in [0.1, 0.15) is 0 Å². The molecule has 0 aromatic heterocycles. The van der Waals surface area contributed by atoms with Crippen LogP contribution in [0.5, 0.6) is 0 Å². The number of amides is 1. The van der Waals surface area contributed by atoms with Gasteiger partial charge in [-0.2, -0.15) is 0 Å². The number of hydrogen-bond acceptors (Lipinski definition) is 4. The van der Waals surface area contributed by atoms with E-state index in [1.54, 1.807) is 31.2 Å². The van der Waals surface area contributed by atoms with Gasteiger partial charge in [-0.05, 0) is 19.1 Å². The van der Waals surface area contributed by atoms with Gasteiger partial charge in [0, 0.05) is 17.7 Å². The SMILES string of the molecule is CC(O)CNCC(=O)Nc1cc(Cl)c(Cl)cc1C(=O)c1ccccc1. The third-order valence-electron chi connectivity index (χ3n) is 3.34. The monoisotopic (exact) mass is 380 g/mol. The Labute approximate surface area is 156 Å². The van der Waals surface area contributed by atoms with Gasteiger partial charge in [0.15, 0.2) is 5.78 Å². The number of halogens is 2. The molecule has 132 valence electrons. The second kappa shape index (κ2) is 8.97. The Morgan fingerprint density at radius 2 is 1.76 bits per heavy atom. The minimum Gasteiger partial charge on any atom is -0.392 e. The highest BCUT2D eigenvalue weighted by Crippen LogP contribution is 2.30. The first-order chi connectivity index (χ1) is 11.9. The average molecular weight is 381 g/mol. The minimum atomic E-state index is -0.562. The molecular formula is C18H18Cl2N2O3. The Morgan fingerprint density at radius 3 is 2.40 bits per heavy atom. The van der Waals surface area contributed by atoms with Crippen LogP contribution in [0.3, 0.4) is 0 Å². The molecule has 2 aromatic carbocycles. The number of carbonyl (C=O) groups excluding carboxylic acids is 2. The van der Waals surface area contributed by atoms with Gasteiger partial charge in [-0.3, -0.25) is 9.59 Å². The Balaban J connectivity index is 2.23. The van der Waals surface area contributed by atoms with Crippen LogP contribution in [0.1, 0.15) is 22.8 Å². The third-order valence-corrected chi connectivity index (χ3v) is 4.06. The summed E-state index contributed by atoms with van der Waals surface area (Å²) in [4.78, 5) is 24.8. The molecule has 0 fully saturated rings. The van der Waals surface area contributed by atoms with Crippen LogP contribution in [0.15, 0.2) is 42.5 Å². The fourth-order valence-corrected chi connectivity index (χ4v) is 2.50. The van der Waals surface area contributed by atoms with Gasteiger partial charge in [0.05, 0.1) is 28.4 Å². The predicted octanol–water partition coefficient (Wildman–Crippen LogP) is 3.13. The lowest BCUT2D eigenvalue weighted by Gasteiger charge is -2.13. The van der Waals surface area contributed by atoms with Crippen LogP contribution in [0.25, 0.3) is 0 Å². The molecule has 1 unspecified atom stereocenters. The number of benzene rings is 2. The lowest BCUT2D eigenvalue weighted by Crippen LogP contribution is -2.33. The molecule has 0 saturated heterocycles. The van der Waals surface area contributed by atoms with E-state index in [-0.39, 0.29) is 46.1 Å². The second-order valence-corrected chi connectivity index (χ2v) is 6.35. The van der Waals surface area contributed by atoms with Crippen molar-refractivity contribution in [1.82, 2.24) is 5.32 Å². The average Bonchev–Trinajstić information content (AvgIpc) is 2.57. The van der Waals surface area contributed by atoms with Gasteiger partial charge >= 0.3 is 0 Å². The minimum absolute atomic E-state index is 0.00981. The van der Waals surface area contributed by atoms with E-state index < -0.39 is 6.10 Å². The molecule has 3 N–H and O–H groups in total. The first kappa shape index (κ1) is 19.4. The van der Waals surface area contributed by atoms with Crippen LogP contribution in [-0.2, 0) is 4.79 Å². The fourth-order valence-electron chi connectivity index (χ4n) is 2.17. The summed E-state index contributed by atoms with van der Waals surface area (Å²) in [6, 6.07) is 11.6. The molecule has 0 radical (unpaired) electrons. The van der Waals surface area contributed by atoms with E-state index in [2.05, 4.69) is 10.6 Å².